The highest BCUT2D eigenvalue weighted by atomic mass is 19.1. The van der Waals surface area contributed by atoms with Gasteiger partial charge in [-0.1, -0.05) is 31.5 Å². The van der Waals surface area contributed by atoms with E-state index in [0.717, 1.165) is 5.56 Å². The molecule has 0 spiro atoms. The fourth-order valence-electron chi connectivity index (χ4n) is 2.65. The number of carboxylic acid groups (broad SMARTS) is 1. The predicted octanol–water partition coefficient (Wildman–Crippen LogP) is 4.64. The standard InChI is InChI=1S/C21H22FNO4/c1-4-6-17(13(2)21(25)26)20(24)23-19-10-9-15(12-18(19)22)14-7-5-8-16(11-14)27-3/h5,7-12H,4,6H2,1-3H3,(H,23,24)(H,25,26)/b17-13-. The van der Waals surface area contributed by atoms with Gasteiger partial charge in [0, 0.05) is 11.1 Å². The number of benzene rings is 2. The van der Waals surface area contributed by atoms with Crippen molar-refractivity contribution in [3.05, 3.63) is 59.4 Å². The van der Waals surface area contributed by atoms with Crippen LogP contribution in [0.3, 0.4) is 0 Å². The lowest BCUT2D eigenvalue weighted by atomic mass is 10.0. The number of hydrogen-bond acceptors (Lipinski definition) is 3. The van der Waals surface area contributed by atoms with Gasteiger partial charge in [0.2, 0.25) is 0 Å². The molecule has 0 atom stereocenters. The molecule has 5 nitrogen and oxygen atoms in total. The fourth-order valence-corrected chi connectivity index (χ4v) is 2.65. The van der Waals surface area contributed by atoms with E-state index in [1.54, 1.807) is 31.4 Å². The minimum Gasteiger partial charge on any atom is -0.497 e. The quantitative estimate of drug-likeness (QED) is 0.695. The van der Waals surface area contributed by atoms with Crippen LogP contribution in [-0.2, 0) is 9.59 Å². The van der Waals surface area contributed by atoms with Crippen LogP contribution in [-0.4, -0.2) is 24.1 Å². The third-order valence-corrected chi connectivity index (χ3v) is 4.17. The van der Waals surface area contributed by atoms with E-state index >= 15 is 0 Å². The summed E-state index contributed by atoms with van der Waals surface area (Å²) in [5.41, 5.74) is 1.51. The molecule has 2 N–H and O–H groups in total. The van der Waals surface area contributed by atoms with E-state index in [2.05, 4.69) is 5.32 Å². The van der Waals surface area contributed by atoms with Crippen molar-refractivity contribution >= 4 is 17.6 Å². The summed E-state index contributed by atoms with van der Waals surface area (Å²) in [7, 11) is 1.55. The third-order valence-electron chi connectivity index (χ3n) is 4.17. The Morgan fingerprint density at radius 2 is 1.85 bits per heavy atom. The predicted molar refractivity (Wildman–Crippen MR) is 102 cm³/mol. The lowest BCUT2D eigenvalue weighted by Crippen LogP contribution is -2.18. The molecule has 0 aromatic heterocycles. The van der Waals surface area contributed by atoms with Crippen LogP contribution in [0.25, 0.3) is 11.1 Å². The molecular formula is C21H22FNO4. The summed E-state index contributed by atoms with van der Waals surface area (Å²) >= 11 is 0. The third kappa shape index (κ3) is 4.94. The van der Waals surface area contributed by atoms with Crippen LogP contribution in [0.4, 0.5) is 10.1 Å². The topological polar surface area (TPSA) is 75.6 Å². The van der Waals surface area contributed by atoms with Gasteiger partial charge in [0.15, 0.2) is 0 Å². The lowest BCUT2D eigenvalue weighted by Gasteiger charge is -2.12. The molecule has 2 aromatic rings. The van der Waals surface area contributed by atoms with Gasteiger partial charge in [0.25, 0.3) is 5.91 Å². The molecular weight excluding hydrogens is 349 g/mol. The molecule has 0 fully saturated rings. The van der Waals surface area contributed by atoms with Crippen molar-refractivity contribution < 1.29 is 23.8 Å². The van der Waals surface area contributed by atoms with Crippen LogP contribution in [0, 0.1) is 5.82 Å². The Bertz CT molecular complexity index is 890. The molecule has 142 valence electrons. The molecule has 0 aliphatic heterocycles. The normalized spacial score (nSPS) is 11.6. The first kappa shape index (κ1) is 20.2. The molecule has 6 heteroatoms. The molecule has 0 aliphatic carbocycles. The first-order valence-corrected chi connectivity index (χ1v) is 8.55. The number of anilines is 1. The van der Waals surface area contributed by atoms with E-state index in [-0.39, 0.29) is 16.8 Å². The van der Waals surface area contributed by atoms with Gasteiger partial charge >= 0.3 is 5.97 Å². The van der Waals surface area contributed by atoms with E-state index in [0.29, 0.717) is 24.2 Å². The van der Waals surface area contributed by atoms with Gasteiger partial charge in [0.05, 0.1) is 12.8 Å². The van der Waals surface area contributed by atoms with Gasteiger partial charge < -0.3 is 15.2 Å². The number of aliphatic carboxylic acids is 1. The summed E-state index contributed by atoms with van der Waals surface area (Å²) in [6, 6.07) is 11.7. The zero-order valence-corrected chi connectivity index (χ0v) is 15.5. The summed E-state index contributed by atoms with van der Waals surface area (Å²) in [6.07, 6.45) is 0.901. The van der Waals surface area contributed by atoms with Crippen molar-refractivity contribution in [3.63, 3.8) is 0 Å². The van der Waals surface area contributed by atoms with Crippen molar-refractivity contribution in [3.8, 4) is 16.9 Å². The minimum atomic E-state index is -1.16. The first-order valence-electron chi connectivity index (χ1n) is 8.55. The van der Waals surface area contributed by atoms with Crippen LogP contribution in [0.1, 0.15) is 26.7 Å². The largest absolute Gasteiger partial charge is 0.497 e. The number of carbonyl (C=O) groups excluding carboxylic acids is 1. The molecule has 27 heavy (non-hydrogen) atoms. The number of carbonyl (C=O) groups is 2. The maximum atomic E-state index is 14.5. The van der Waals surface area contributed by atoms with E-state index < -0.39 is 17.7 Å². The Hall–Kier alpha value is -3.15. The Morgan fingerprint density at radius 1 is 1.15 bits per heavy atom. The Kier molecular flexibility index (Phi) is 6.71. The number of ether oxygens (including phenoxy) is 1. The van der Waals surface area contributed by atoms with Gasteiger partial charge in [-0.2, -0.15) is 0 Å². The van der Waals surface area contributed by atoms with Crippen LogP contribution in [0.5, 0.6) is 5.75 Å². The highest BCUT2D eigenvalue weighted by Gasteiger charge is 2.18. The summed E-state index contributed by atoms with van der Waals surface area (Å²) in [5, 5.41) is 11.6. The summed E-state index contributed by atoms with van der Waals surface area (Å²) in [4.78, 5) is 23.6. The van der Waals surface area contributed by atoms with Crippen molar-refractivity contribution in [2.75, 3.05) is 12.4 Å². The maximum absolute atomic E-state index is 14.5. The number of amides is 1. The van der Waals surface area contributed by atoms with E-state index in [1.165, 1.54) is 19.1 Å². The zero-order chi connectivity index (χ0) is 20.0. The molecule has 0 radical (unpaired) electrons. The van der Waals surface area contributed by atoms with Gasteiger partial charge in [0.1, 0.15) is 11.6 Å². The second-order valence-corrected chi connectivity index (χ2v) is 6.04. The SMILES string of the molecule is CCC/C(C(=O)Nc1ccc(-c2cccc(OC)c2)cc1F)=C(\C)C(=O)O. The monoisotopic (exact) mass is 371 g/mol. The lowest BCUT2D eigenvalue weighted by molar-refractivity contribution is -0.133. The number of hydrogen-bond donors (Lipinski definition) is 2. The maximum Gasteiger partial charge on any atom is 0.331 e. The molecule has 0 saturated heterocycles. The van der Waals surface area contributed by atoms with Crippen LogP contribution < -0.4 is 10.1 Å². The summed E-state index contributed by atoms with van der Waals surface area (Å²) in [6.45, 7) is 3.21. The van der Waals surface area contributed by atoms with E-state index in [1.807, 2.05) is 13.0 Å². The van der Waals surface area contributed by atoms with Crippen molar-refractivity contribution in [2.24, 2.45) is 0 Å². The Balaban J connectivity index is 2.28. The van der Waals surface area contributed by atoms with Gasteiger partial charge in [-0.25, -0.2) is 9.18 Å². The number of halogens is 1. The second kappa shape index (κ2) is 8.98. The van der Waals surface area contributed by atoms with Gasteiger partial charge in [-0.3, -0.25) is 4.79 Å². The smallest absolute Gasteiger partial charge is 0.331 e. The number of methoxy groups -OCH3 is 1. The van der Waals surface area contributed by atoms with E-state index in [9.17, 15) is 14.0 Å². The van der Waals surface area contributed by atoms with Gasteiger partial charge in [-0.05, 0) is 48.7 Å². The van der Waals surface area contributed by atoms with Crippen LogP contribution >= 0.6 is 0 Å². The minimum absolute atomic E-state index is 0.00145. The van der Waals surface area contributed by atoms with Crippen LogP contribution in [0.2, 0.25) is 0 Å². The number of rotatable bonds is 7. The molecule has 0 saturated carbocycles. The zero-order valence-electron chi connectivity index (χ0n) is 15.5. The molecule has 2 aromatic carbocycles. The summed E-state index contributed by atoms with van der Waals surface area (Å²) in [5.74, 6) is -1.72. The summed E-state index contributed by atoms with van der Waals surface area (Å²) < 4.78 is 19.7. The molecule has 1 amide bonds. The first-order chi connectivity index (χ1) is 12.9. The number of nitrogens with one attached hydrogen (secondary N) is 1. The van der Waals surface area contributed by atoms with Crippen molar-refractivity contribution in [2.45, 2.75) is 26.7 Å². The van der Waals surface area contributed by atoms with Crippen LogP contribution in [0.15, 0.2) is 53.6 Å². The molecule has 0 bridgehead atoms. The highest BCUT2D eigenvalue weighted by Crippen LogP contribution is 2.27. The van der Waals surface area contributed by atoms with Gasteiger partial charge in [-0.15, -0.1) is 0 Å². The van der Waals surface area contributed by atoms with Crippen molar-refractivity contribution in [1.29, 1.82) is 0 Å². The van der Waals surface area contributed by atoms with Crippen molar-refractivity contribution in [1.82, 2.24) is 0 Å². The number of carboxylic acids is 1. The molecule has 0 aliphatic rings. The second-order valence-electron chi connectivity index (χ2n) is 6.04. The average Bonchev–Trinajstić information content (AvgIpc) is 2.66. The Morgan fingerprint density at radius 3 is 2.44 bits per heavy atom. The Labute approximate surface area is 157 Å². The molecule has 0 unspecified atom stereocenters. The highest BCUT2D eigenvalue weighted by molar-refractivity contribution is 6.08. The molecule has 2 rings (SSSR count). The van der Waals surface area contributed by atoms with E-state index in [4.69, 9.17) is 9.84 Å². The molecule has 0 heterocycles. The average molecular weight is 371 g/mol. The fraction of sp³-hybridized carbons (Fsp3) is 0.238.